The summed E-state index contributed by atoms with van der Waals surface area (Å²) in [6, 6.07) is 8.50. The zero-order valence-corrected chi connectivity index (χ0v) is 20.1. The van der Waals surface area contributed by atoms with E-state index in [2.05, 4.69) is 37.3 Å². The maximum Gasteiger partial charge on any atom is 1.00 e. The second-order valence-corrected chi connectivity index (χ2v) is 5.91. The van der Waals surface area contributed by atoms with Gasteiger partial charge < -0.3 is 31.2 Å². The van der Waals surface area contributed by atoms with Gasteiger partial charge in [-0.2, -0.15) is 12.7 Å². The maximum absolute atomic E-state index is 14.2. The van der Waals surface area contributed by atoms with Gasteiger partial charge >= 0.3 is 29.6 Å². The predicted octanol–water partition coefficient (Wildman–Crippen LogP) is 0.308. The van der Waals surface area contributed by atoms with Crippen molar-refractivity contribution < 1.29 is 52.7 Å². The molecule has 0 spiro atoms. The van der Waals surface area contributed by atoms with Crippen molar-refractivity contribution in [2.45, 2.75) is 13.3 Å². The zero-order chi connectivity index (χ0) is 22.0. The molecule has 158 valence electrons. The normalized spacial score (nSPS) is 10.6. The predicted molar refractivity (Wildman–Crippen MR) is 110 cm³/mol. The Balaban J connectivity index is 0.00000272. The van der Waals surface area contributed by atoms with Gasteiger partial charge in [-0.25, -0.2) is 8.78 Å². The maximum atomic E-state index is 14.2. The summed E-state index contributed by atoms with van der Waals surface area (Å²) >= 11 is 4.08. The summed E-state index contributed by atoms with van der Waals surface area (Å²) in [6.45, 7) is 8.30. The second-order valence-electron chi connectivity index (χ2n) is 5.91. The molecule has 2 aromatic carbocycles. The molecule has 0 saturated carbocycles. The van der Waals surface area contributed by atoms with Crippen LogP contribution in [0.25, 0.3) is 11.1 Å². The van der Waals surface area contributed by atoms with Gasteiger partial charge in [0.1, 0.15) is 5.82 Å². The Labute approximate surface area is 203 Å². The largest absolute Gasteiger partial charge is 1.00 e. The molecule has 2 amide bonds. The number of nitrogens with one attached hydrogen (secondary N) is 2. The summed E-state index contributed by atoms with van der Waals surface area (Å²) < 4.78 is 33.7. The first-order valence-corrected chi connectivity index (χ1v) is 9.44. The molecule has 0 aromatic heterocycles. The van der Waals surface area contributed by atoms with Crippen molar-refractivity contribution in [3.63, 3.8) is 0 Å². The Morgan fingerprint density at radius 1 is 1.10 bits per heavy atom. The molecule has 0 bridgehead atoms. The molecule has 0 radical (unpaired) electrons. The van der Waals surface area contributed by atoms with Crippen LogP contribution >= 0.6 is 0 Å². The van der Waals surface area contributed by atoms with Crippen LogP contribution in [0.4, 0.5) is 8.78 Å². The minimum Gasteiger partial charge on any atom is -0.796 e. The van der Waals surface area contributed by atoms with Gasteiger partial charge in [0.25, 0.3) is 5.91 Å². The van der Waals surface area contributed by atoms with E-state index < -0.39 is 36.0 Å². The summed E-state index contributed by atoms with van der Waals surface area (Å²) in [5, 5.41) is 0. The number of carbonyl (C=O) groups excluding carboxylic acids is 2. The van der Waals surface area contributed by atoms with Crippen LogP contribution < -0.4 is 45.1 Å². The van der Waals surface area contributed by atoms with Crippen molar-refractivity contribution in [3.8, 4) is 16.9 Å². The number of hydrazine groups is 1. The standard InChI is InChI=1S/C20H20F2N2O3.CH4S.Na/c1-4-13(3)20(26)24-23-18(25)11-27-19-14(6-5-7-17(19)22)15-10-12(2)8-9-16(15)21;1-2;/h5-10,13H,1,3-4,11H2,2H3,(H,23,25)(H,24,26);2H,1H3;/q-2;;+1/p-1/t13-;;/m1../s1. The summed E-state index contributed by atoms with van der Waals surface area (Å²) in [7, 11) is 0. The van der Waals surface area contributed by atoms with Gasteiger partial charge in [-0.05, 0) is 25.1 Å². The molecule has 0 aliphatic rings. The Kier molecular flexibility index (Phi) is 13.6. The van der Waals surface area contributed by atoms with Crippen molar-refractivity contribution in [2.24, 2.45) is 5.92 Å². The van der Waals surface area contributed by atoms with Gasteiger partial charge in [0.15, 0.2) is 18.2 Å². The number of rotatable bonds is 6. The third kappa shape index (κ3) is 8.26. The van der Waals surface area contributed by atoms with Crippen molar-refractivity contribution in [2.75, 3.05) is 12.9 Å². The minimum atomic E-state index is -0.736. The number of hydrogen-bond donors (Lipinski definition) is 2. The SMILES string of the molecule is C[S-].[CH2-]C[C@@H]([CH2-])C(=O)NNC(=O)COc1c(F)cccc1-c1cc(C)ccc1F.[Na+]. The molecule has 0 unspecified atom stereocenters. The average molecular weight is 444 g/mol. The minimum absolute atomic E-state index is 0. The van der Waals surface area contributed by atoms with Crippen molar-refractivity contribution in [1.82, 2.24) is 10.9 Å². The van der Waals surface area contributed by atoms with E-state index in [-0.39, 0.29) is 52.9 Å². The van der Waals surface area contributed by atoms with Gasteiger partial charge in [0.2, 0.25) is 5.91 Å². The number of benzene rings is 2. The number of amides is 2. The number of carbonyl (C=O) groups is 2. The van der Waals surface area contributed by atoms with Gasteiger partial charge in [-0.3, -0.25) is 20.4 Å². The molecule has 0 aliphatic carbocycles. The van der Waals surface area contributed by atoms with Crippen LogP contribution in [0.3, 0.4) is 0 Å². The van der Waals surface area contributed by atoms with Crippen LogP contribution in [0.5, 0.6) is 5.75 Å². The van der Waals surface area contributed by atoms with Crippen LogP contribution in [-0.4, -0.2) is 24.7 Å². The molecule has 2 rings (SSSR count). The average Bonchev–Trinajstić information content (AvgIpc) is 2.73. The molecule has 1 atom stereocenters. The van der Waals surface area contributed by atoms with Gasteiger partial charge in [0.05, 0.1) is 0 Å². The fourth-order valence-corrected chi connectivity index (χ4v) is 2.25. The van der Waals surface area contributed by atoms with Gasteiger partial charge in [0, 0.05) is 11.1 Å². The summed E-state index contributed by atoms with van der Waals surface area (Å²) in [5.74, 6) is -3.36. The van der Waals surface area contributed by atoms with Crippen molar-refractivity contribution in [3.05, 3.63) is 67.4 Å². The van der Waals surface area contributed by atoms with E-state index in [9.17, 15) is 18.4 Å². The van der Waals surface area contributed by atoms with Crippen LogP contribution in [0.2, 0.25) is 0 Å². The van der Waals surface area contributed by atoms with Gasteiger partial charge in [-0.15, -0.1) is 5.92 Å². The fraction of sp³-hybridized carbons (Fsp3) is 0.238. The van der Waals surface area contributed by atoms with E-state index >= 15 is 0 Å². The zero-order valence-electron chi connectivity index (χ0n) is 17.3. The first-order chi connectivity index (χ1) is 13.8. The second kappa shape index (κ2) is 14.4. The van der Waals surface area contributed by atoms with E-state index in [1.165, 1.54) is 18.2 Å². The topological polar surface area (TPSA) is 67.4 Å². The Bertz CT molecular complexity index is 853. The smallest absolute Gasteiger partial charge is 0.796 e. The molecular formula is C21H23F2N2NaO3S-2. The molecule has 0 saturated heterocycles. The molecule has 5 nitrogen and oxygen atoms in total. The van der Waals surface area contributed by atoms with E-state index in [0.717, 1.165) is 11.6 Å². The number of halogens is 2. The van der Waals surface area contributed by atoms with E-state index in [1.807, 2.05) is 0 Å². The molecule has 0 heterocycles. The number of aryl methyl sites for hydroxylation is 1. The van der Waals surface area contributed by atoms with E-state index in [0.29, 0.717) is 0 Å². The molecule has 0 fully saturated rings. The molecule has 9 heteroatoms. The molecule has 30 heavy (non-hydrogen) atoms. The van der Waals surface area contributed by atoms with Crippen molar-refractivity contribution in [1.29, 1.82) is 0 Å². The molecule has 2 N–H and O–H groups in total. The van der Waals surface area contributed by atoms with E-state index in [1.54, 1.807) is 25.3 Å². The van der Waals surface area contributed by atoms with Gasteiger partial charge in [-0.1, -0.05) is 23.8 Å². The van der Waals surface area contributed by atoms with Crippen LogP contribution in [0, 0.1) is 38.3 Å². The Morgan fingerprint density at radius 3 is 2.40 bits per heavy atom. The molecule has 2 aromatic rings. The number of para-hydroxylation sites is 1. The van der Waals surface area contributed by atoms with E-state index in [4.69, 9.17) is 4.74 Å². The Hall–Kier alpha value is -1.61. The Morgan fingerprint density at radius 2 is 1.77 bits per heavy atom. The first-order valence-electron chi connectivity index (χ1n) is 8.63. The first kappa shape index (κ1) is 28.4. The summed E-state index contributed by atoms with van der Waals surface area (Å²) in [6.07, 6.45) is 1.85. The summed E-state index contributed by atoms with van der Waals surface area (Å²) in [5.41, 5.74) is 5.44. The summed E-state index contributed by atoms with van der Waals surface area (Å²) in [4.78, 5) is 23.4. The quantitative estimate of drug-likeness (QED) is 0.291. The number of hydrogen-bond acceptors (Lipinski definition) is 4. The fourth-order valence-electron chi connectivity index (χ4n) is 2.25. The van der Waals surface area contributed by atoms with Crippen molar-refractivity contribution >= 4 is 24.4 Å². The third-order valence-electron chi connectivity index (χ3n) is 3.77. The molecule has 0 aliphatic heterocycles. The number of ether oxygens (including phenoxy) is 1. The van der Waals surface area contributed by atoms with Crippen LogP contribution in [0.1, 0.15) is 12.0 Å². The third-order valence-corrected chi connectivity index (χ3v) is 3.77. The molecular weight excluding hydrogens is 421 g/mol. The van der Waals surface area contributed by atoms with Crippen LogP contribution in [-0.2, 0) is 22.2 Å². The van der Waals surface area contributed by atoms with Crippen LogP contribution in [0.15, 0.2) is 36.4 Å². The monoisotopic (exact) mass is 444 g/mol.